The van der Waals surface area contributed by atoms with E-state index >= 15 is 0 Å². The predicted molar refractivity (Wildman–Crippen MR) is 76.1 cm³/mol. The topological polar surface area (TPSA) is 89.3 Å². The highest BCUT2D eigenvalue weighted by Gasteiger charge is 2.31. The summed E-state index contributed by atoms with van der Waals surface area (Å²) in [6.07, 6.45) is 1.13. The van der Waals surface area contributed by atoms with Crippen molar-refractivity contribution in [2.24, 2.45) is 0 Å². The normalized spacial score (nSPS) is 20.8. The Morgan fingerprint density at radius 2 is 2.20 bits per heavy atom. The lowest BCUT2D eigenvalue weighted by atomic mass is 10.2. The smallest absolute Gasteiger partial charge is 0.295 e. The van der Waals surface area contributed by atoms with Crippen molar-refractivity contribution in [3.05, 3.63) is 32.5 Å². The van der Waals surface area contributed by atoms with Crippen LogP contribution in [0.2, 0.25) is 0 Å². The van der Waals surface area contributed by atoms with Gasteiger partial charge in [0.1, 0.15) is 11.5 Å². The van der Waals surface area contributed by atoms with Gasteiger partial charge < -0.3 is 5.32 Å². The Morgan fingerprint density at radius 1 is 1.50 bits per heavy atom. The minimum absolute atomic E-state index is 0.0832. The van der Waals surface area contributed by atoms with Crippen molar-refractivity contribution in [3.8, 4) is 0 Å². The van der Waals surface area contributed by atoms with Gasteiger partial charge in [-0.25, -0.2) is 12.8 Å². The van der Waals surface area contributed by atoms with E-state index in [4.69, 9.17) is 0 Å². The first kappa shape index (κ1) is 15.2. The molecule has 1 saturated heterocycles. The molecule has 0 bridgehead atoms. The molecule has 0 aromatic heterocycles. The van der Waals surface area contributed by atoms with Gasteiger partial charge in [-0.2, -0.15) is 0 Å². The lowest BCUT2D eigenvalue weighted by Crippen LogP contribution is -2.25. The van der Waals surface area contributed by atoms with E-state index in [1.54, 1.807) is 0 Å². The van der Waals surface area contributed by atoms with Crippen molar-refractivity contribution in [3.63, 3.8) is 0 Å². The first-order valence-electron chi connectivity index (χ1n) is 5.90. The Morgan fingerprint density at radius 3 is 2.75 bits per heavy atom. The van der Waals surface area contributed by atoms with E-state index in [1.165, 1.54) is 6.07 Å². The highest BCUT2D eigenvalue weighted by atomic mass is 79.9. The van der Waals surface area contributed by atoms with Crippen LogP contribution < -0.4 is 5.32 Å². The largest absolute Gasteiger partial charge is 0.378 e. The third-order valence-corrected chi connectivity index (χ3v) is 6.10. The molecule has 6 nitrogen and oxygen atoms in total. The Bertz CT molecular complexity index is 650. The number of nitro groups is 1. The summed E-state index contributed by atoms with van der Waals surface area (Å²) in [4.78, 5) is 10.2. The number of hydrogen-bond acceptors (Lipinski definition) is 5. The van der Waals surface area contributed by atoms with E-state index < -0.39 is 31.5 Å². The van der Waals surface area contributed by atoms with Gasteiger partial charge in [0, 0.05) is 6.54 Å². The molecule has 1 heterocycles. The lowest BCUT2D eigenvalue weighted by Gasteiger charge is -2.12. The number of benzene rings is 1. The van der Waals surface area contributed by atoms with Crippen LogP contribution in [-0.2, 0) is 9.84 Å². The Labute approximate surface area is 123 Å². The van der Waals surface area contributed by atoms with Crippen LogP contribution in [0.3, 0.4) is 0 Å². The number of nitrogens with one attached hydrogen (secondary N) is 1. The lowest BCUT2D eigenvalue weighted by molar-refractivity contribution is -0.384. The number of nitrogens with zero attached hydrogens (tertiary/aromatic N) is 1. The van der Waals surface area contributed by atoms with Crippen LogP contribution >= 0.6 is 15.9 Å². The van der Waals surface area contributed by atoms with Crippen molar-refractivity contribution in [1.29, 1.82) is 0 Å². The molecule has 1 N–H and O–H groups in total. The quantitative estimate of drug-likeness (QED) is 0.652. The molecule has 1 atom stereocenters. The minimum atomic E-state index is -3.13. The zero-order valence-corrected chi connectivity index (χ0v) is 12.7. The van der Waals surface area contributed by atoms with E-state index in [9.17, 15) is 22.9 Å². The van der Waals surface area contributed by atoms with Gasteiger partial charge in [-0.05, 0) is 34.8 Å². The average Bonchev–Trinajstić information content (AvgIpc) is 2.69. The summed E-state index contributed by atoms with van der Waals surface area (Å²) >= 11 is 2.95. The summed E-state index contributed by atoms with van der Waals surface area (Å²) in [6, 6.07) is 2.05. The van der Waals surface area contributed by atoms with Gasteiger partial charge in [0.25, 0.3) is 5.69 Å². The zero-order chi connectivity index (χ0) is 14.9. The van der Waals surface area contributed by atoms with Crippen LogP contribution in [0.4, 0.5) is 15.8 Å². The molecule has 1 aromatic rings. The standard InChI is InChI=1S/C11H12BrFN2O4S/c12-8-4-10(11(15(16)17)5-9(8)13)14-6-7-2-1-3-20(7,18)19/h4-5,7,14H,1-3,6H2. The number of nitro benzene ring substituents is 1. The average molecular weight is 367 g/mol. The van der Waals surface area contributed by atoms with Crippen LogP contribution in [0.15, 0.2) is 16.6 Å². The van der Waals surface area contributed by atoms with Gasteiger partial charge in [-0.15, -0.1) is 0 Å². The van der Waals surface area contributed by atoms with Crippen molar-refractivity contribution in [2.75, 3.05) is 17.6 Å². The number of halogens is 2. The number of hydrogen-bond donors (Lipinski definition) is 1. The summed E-state index contributed by atoms with van der Waals surface area (Å²) < 4.78 is 36.8. The second-order valence-corrected chi connectivity index (χ2v) is 7.81. The molecule has 20 heavy (non-hydrogen) atoms. The van der Waals surface area contributed by atoms with Gasteiger partial charge in [-0.3, -0.25) is 10.1 Å². The van der Waals surface area contributed by atoms with E-state index in [0.717, 1.165) is 6.07 Å². The fraction of sp³-hybridized carbons (Fsp3) is 0.455. The first-order valence-corrected chi connectivity index (χ1v) is 8.41. The van der Waals surface area contributed by atoms with Crippen molar-refractivity contribution >= 4 is 37.1 Å². The number of anilines is 1. The van der Waals surface area contributed by atoms with Crippen LogP contribution in [-0.4, -0.2) is 30.9 Å². The molecule has 1 aliphatic rings. The molecule has 0 radical (unpaired) electrons. The second kappa shape index (κ2) is 5.65. The summed E-state index contributed by atoms with van der Waals surface area (Å²) in [6.45, 7) is 0.0846. The molecule has 0 spiro atoms. The third-order valence-electron chi connectivity index (χ3n) is 3.22. The molecule has 1 fully saturated rings. The highest BCUT2D eigenvalue weighted by Crippen LogP contribution is 2.31. The molecule has 9 heteroatoms. The van der Waals surface area contributed by atoms with Gasteiger partial charge in [-0.1, -0.05) is 0 Å². The zero-order valence-electron chi connectivity index (χ0n) is 10.3. The molecule has 1 aliphatic heterocycles. The highest BCUT2D eigenvalue weighted by molar-refractivity contribution is 9.10. The molecule has 1 aromatic carbocycles. The Hall–Kier alpha value is -1.22. The number of sulfone groups is 1. The molecule has 0 saturated carbocycles. The molecule has 1 unspecified atom stereocenters. The Balaban J connectivity index is 2.21. The van der Waals surface area contributed by atoms with Gasteiger partial charge in [0.2, 0.25) is 0 Å². The molecular weight excluding hydrogens is 355 g/mol. The summed E-state index contributed by atoms with van der Waals surface area (Å²) in [7, 11) is -3.13. The maximum Gasteiger partial charge on any atom is 0.295 e. The molecule has 2 rings (SSSR count). The maximum atomic E-state index is 13.3. The van der Waals surface area contributed by atoms with Gasteiger partial charge >= 0.3 is 0 Å². The Kier molecular flexibility index (Phi) is 4.28. The maximum absolute atomic E-state index is 13.3. The predicted octanol–water partition coefficient (Wildman–Crippen LogP) is 2.49. The summed E-state index contributed by atoms with van der Waals surface area (Å²) in [5.74, 6) is -0.593. The molecule has 0 amide bonds. The summed E-state index contributed by atoms with van der Waals surface area (Å²) in [5, 5.41) is 13.1. The molecular formula is C11H12BrFN2O4S. The van der Waals surface area contributed by atoms with E-state index in [0.29, 0.717) is 12.8 Å². The van der Waals surface area contributed by atoms with Crippen LogP contribution in [0.5, 0.6) is 0 Å². The molecule has 0 aliphatic carbocycles. The van der Waals surface area contributed by atoms with Crippen molar-refractivity contribution in [2.45, 2.75) is 18.1 Å². The first-order chi connectivity index (χ1) is 9.31. The minimum Gasteiger partial charge on any atom is -0.378 e. The fourth-order valence-corrected chi connectivity index (χ4v) is 4.25. The van der Waals surface area contributed by atoms with E-state index in [1.807, 2.05) is 0 Å². The summed E-state index contributed by atoms with van der Waals surface area (Å²) in [5.41, 5.74) is -0.313. The second-order valence-electron chi connectivity index (χ2n) is 4.55. The third kappa shape index (κ3) is 3.09. The number of rotatable bonds is 4. The van der Waals surface area contributed by atoms with Gasteiger partial charge in [0.05, 0.1) is 26.5 Å². The fourth-order valence-electron chi connectivity index (χ4n) is 2.14. The van der Waals surface area contributed by atoms with Crippen LogP contribution in [0.25, 0.3) is 0 Å². The van der Waals surface area contributed by atoms with Crippen LogP contribution in [0, 0.1) is 15.9 Å². The van der Waals surface area contributed by atoms with E-state index in [-0.39, 0.29) is 22.5 Å². The molecule has 110 valence electrons. The van der Waals surface area contributed by atoms with Crippen LogP contribution in [0.1, 0.15) is 12.8 Å². The van der Waals surface area contributed by atoms with Gasteiger partial charge in [0.15, 0.2) is 9.84 Å². The monoisotopic (exact) mass is 366 g/mol. The van der Waals surface area contributed by atoms with Crippen molar-refractivity contribution in [1.82, 2.24) is 0 Å². The SMILES string of the molecule is O=[N+]([O-])c1cc(F)c(Br)cc1NCC1CCCS1(=O)=O. The van der Waals surface area contributed by atoms with E-state index in [2.05, 4.69) is 21.2 Å². The van der Waals surface area contributed by atoms with Crippen molar-refractivity contribution < 1.29 is 17.7 Å².